The number of amides is 1. The standard InChI is InChI=1S/C24H27N3O2/c1-3-26-17-14-25-23(26)19-12-15-27(16-13-19)24(28)20-10-8-18(9-11-20)21-6-4-5-7-22(21)29-2/h4-11,14,17,19H,3,12-13,15-16H2,1-2H3. The normalized spacial score (nSPS) is 14.8. The zero-order chi connectivity index (χ0) is 20.2. The average Bonchev–Trinajstić information content (AvgIpc) is 3.28. The lowest BCUT2D eigenvalue weighted by Gasteiger charge is -2.32. The Balaban J connectivity index is 1.43. The number of piperidine rings is 1. The summed E-state index contributed by atoms with van der Waals surface area (Å²) in [5.74, 6) is 2.52. The number of hydrogen-bond acceptors (Lipinski definition) is 3. The number of rotatable bonds is 5. The quantitative estimate of drug-likeness (QED) is 0.641. The molecule has 0 spiro atoms. The minimum absolute atomic E-state index is 0.105. The number of methoxy groups -OCH3 is 1. The highest BCUT2D eigenvalue weighted by molar-refractivity contribution is 5.95. The summed E-state index contributed by atoms with van der Waals surface area (Å²) in [6.45, 7) is 4.62. The van der Waals surface area contributed by atoms with Crippen molar-refractivity contribution in [3.63, 3.8) is 0 Å². The van der Waals surface area contributed by atoms with Crippen molar-refractivity contribution in [1.29, 1.82) is 0 Å². The highest BCUT2D eigenvalue weighted by Crippen LogP contribution is 2.31. The van der Waals surface area contributed by atoms with Crippen molar-refractivity contribution in [2.45, 2.75) is 32.2 Å². The van der Waals surface area contributed by atoms with Crippen LogP contribution in [0.4, 0.5) is 0 Å². The van der Waals surface area contributed by atoms with Gasteiger partial charge in [-0.3, -0.25) is 4.79 Å². The van der Waals surface area contributed by atoms with Crippen LogP contribution in [0, 0.1) is 0 Å². The number of aromatic nitrogens is 2. The number of hydrogen-bond donors (Lipinski definition) is 0. The number of aryl methyl sites for hydroxylation is 1. The lowest BCUT2D eigenvalue weighted by atomic mass is 9.95. The van der Waals surface area contributed by atoms with Crippen molar-refractivity contribution in [2.75, 3.05) is 20.2 Å². The fourth-order valence-corrected chi connectivity index (χ4v) is 4.15. The van der Waals surface area contributed by atoms with Crippen molar-refractivity contribution in [3.8, 4) is 16.9 Å². The molecule has 5 nitrogen and oxygen atoms in total. The van der Waals surface area contributed by atoms with Crippen molar-refractivity contribution in [1.82, 2.24) is 14.5 Å². The third kappa shape index (κ3) is 3.90. The molecule has 0 atom stereocenters. The molecule has 5 heteroatoms. The molecule has 4 rings (SSSR count). The van der Waals surface area contributed by atoms with Crippen LogP contribution in [0.15, 0.2) is 60.9 Å². The minimum atomic E-state index is 0.105. The van der Waals surface area contributed by atoms with Crippen molar-refractivity contribution >= 4 is 5.91 Å². The van der Waals surface area contributed by atoms with Gasteiger partial charge in [0.05, 0.1) is 7.11 Å². The predicted octanol–water partition coefficient (Wildman–Crippen LogP) is 4.60. The molecule has 1 amide bonds. The summed E-state index contributed by atoms with van der Waals surface area (Å²) in [4.78, 5) is 19.5. The van der Waals surface area contributed by atoms with Crippen LogP contribution >= 0.6 is 0 Å². The molecule has 29 heavy (non-hydrogen) atoms. The number of para-hydroxylation sites is 1. The monoisotopic (exact) mass is 389 g/mol. The number of benzene rings is 2. The van der Waals surface area contributed by atoms with E-state index < -0.39 is 0 Å². The summed E-state index contributed by atoms with van der Waals surface area (Å²) < 4.78 is 7.65. The zero-order valence-corrected chi connectivity index (χ0v) is 17.0. The summed E-state index contributed by atoms with van der Waals surface area (Å²) in [5, 5.41) is 0. The van der Waals surface area contributed by atoms with Crippen LogP contribution in [0.25, 0.3) is 11.1 Å². The Morgan fingerprint density at radius 1 is 1.10 bits per heavy atom. The van der Waals surface area contributed by atoms with Crippen LogP contribution < -0.4 is 4.74 Å². The highest BCUT2D eigenvalue weighted by atomic mass is 16.5. The number of carbonyl (C=O) groups excluding carboxylic acids is 1. The summed E-state index contributed by atoms with van der Waals surface area (Å²) in [6, 6.07) is 15.7. The molecule has 1 aliphatic heterocycles. The first kappa shape index (κ1) is 19.2. The third-order valence-corrected chi connectivity index (χ3v) is 5.79. The van der Waals surface area contributed by atoms with E-state index in [0.29, 0.717) is 5.92 Å². The molecule has 0 saturated carbocycles. The van der Waals surface area contributed by atoms with E-state index in [9.17, 15) is 4.79 Å². The summed E-state index contributed by atoms with van der Waals surface area (Å²) >= 11 is 0. The second kappa shape index (κ2) is 8.52. The molecular formula is C24H27N3O2. The van der Waals surface area contributed by atoms with E-state index in [2.05, 4.69) is 16.5 Å². The first-order valence-electron chi connectivity index (χ1n) is 10.2. The Kier molecular flexibility index (Phi) is 5.65. The van der Waals surface area contributed by atoms with Gasteiger partial charge in [-0.25, -0.2) is 4.98 Å². The number of nitrogens with zero attached hydrogens (tertiary/aromatic N) is 3. The maximum absolute atomic E-state index is 13.0. The predicted molar refractivity (Wildman–Crippen MR) is 114 cm³/mol. The van der Waals surface area contributed by atoms with Gasteiger partial charge < -0.3 is 14.2 Å². The second-order valence-electron chi connectivity index (χ2n) is 7.42. The van der Waals surface area contributed by atoms with Gasteiger partial charge in [0.1, 0.15) is 11.6 Å². The van der Waals surface area contributed by atoms with E-state index in [1.165, 1.54) is 0 Å². The first-order valence-corrected chi connectivity index (χ1v) is 10.2. The third-order valence-electron chi connectivity index (χ3n) is 5.79. The van der Waals surface area contributed by atoms with E-state index >= 15 is 0 Å². The molecule has 1 fully saturated rings. The fraction of sp³-hybridized carbons (Fsp3) is 0.333. The maximum Gasteiger partial charge on any atom is 0.253 e. The molecular weight excluding hydrogens is 362 g/mol. The SMILES string of the molecule is CCn1ccnc1C1CCN(C(=O)c2ccc(-c3ccccc3OC)cc2)CC1. The Hall–Kier alpha value is -3.08. The Morgan fingerprint density at radius 2 is 1.83 bits per heavy atom. The van der Waals surface area contributed by atoms with E-state index in [1.54, 1.807) is 7.11 Å². The Bertz CT molecular complexity index is 970. The van der Waals surface area contributed by atoms with Crippen molar-refractivity contribution in [2.24, 2.45) is 0 Å². The van der Waals surface area contributed by atoms with Gasteiger partial charge in [-0.1, -0.05) is 30.3 Å². The van der Waals surface area contributed by atoms with Crippen LogP contribution in [-0.4, -0.2) is 40.6 Å². The summed E-state index contributed by atoms with van der Waals surface area (Å²) in [6.07, 6.45) is 5.83. The molecule has 3 aromatic rings. The average molecular weight is 389 g/mol. The number of likely N-dealkylation sites (tertiary alicyclic amines) is 1. The fourth-order valence-electron chi connectivity index (χ4n) is 4.15. The number of ether oxygens (including phenoxy) is 1. The van der Waals surface area contributed by atoms with E-state index in [4.69, 9.17) is 4.74 Å². The van der Waals surface area contributed by atoms with Crippen LogP contribution in [0.3, 0.4) is 0 Å². The van der Waals surface area contributed by atoms with Gasteiger partial charge in [0, 0.05) is 49.1 Å². The molecule has 2 aromatic carbocycles. The molecule has 2 heterocycles. The van der Waals surface area contributed by atoms with E-state index in [1.807, 2.05) is 65.8 Å². The zero-order valence-electron chi connectivity index (χ0n) is 17.0. The first-order chi connectivity index (χ1) is 14.2. The van der Waals surface area contributed by atoms with Gasteiger partial charge in [0.15, 0.2) is 0 Å². The number of imidazole rings is 1. The topological polar surface area (TPSA) is 47.4 Å². The number of carbonyl (C=O) groups is 1. The summed E-state index contributed by atoms with van der Waals surface area (Å²) in [7, 11) is 1.67. The highest BCUT2D eigenvalue weighted by Gasteiger charge is 2.26. The van der Waals surface area contributed by atoms with Crippen LogP contribution in [0.1, 0.15) is 41.9 Å². The Morgan fingerprint density at radius 3 is 2.52 bits per heavy atom. The van der Waals surface area contributed by atoms with Gasteiger partial charge in [-0.15, -0.1) is 0 Å². The molecule has 0 unspecified atom stereocenters. The van der Waals surface area contributed by atoms with Crippen molar-refractivity contribution in [3.05, 3.63) is 72.3 Å². The largest absolute Gasteiger partial charge is 0.496 e. The maximum atomic E-state index is 13.0. The molecule has 0 bridgehead atoms. The molecule has 1 aromatic heterocycles. The van der Waals surface area contributed by atoms with E-state index in [-0.39, 0.29) is 5.91 Å². The van der Waals surface area contributed by atoms with E-state index in [0.717, 1.165) is 60.7 Å². The molecule has 1 saturated heterocycles. The lowest BCUT2D eigenvalue weighted by Crippen LogP contribution is -2.38. The van der Waals surface area contributed by atoms with Gasteiger partial charge in [-0.2, -0.15) is 0 Å². The minimum Gasteiger partial charge on any atom is -0.496 e. The smallest absolute Gasteiger partial charge is 0.253 e. The van der Waals surface area contributed by atoms with Crippen LogP contribution in [-0.2, 0) is 6.54 Å². The lowest BCUT2D eigenvalue weighted by molar-refractivity contribution is 0.0710. The molecule has 0 aliphatic carbocycles. The molecule has 1 aliphatic rings. The van der Waals surface area contributed by atoms with Crippen LogP contribution in [0.5, 0.6) is 5.75 Å². The van der Waals surface area contributed by atoms with Gasteiger partial charge >= 0.3 is 0 Å². The molecule has 0 N–H and O–H groups in total. The summed E-state index contributed by atoms with van der Waals surface area (Å²) in [5.41, 5.74) is 2.81. The van der Waals surface area contributed by atoms with Crippen LogP contribution in [0.2, 0.25) is 0 Å². The second-order valence-corrected chi connectivity index (χ2v) is 7.42. The van der Waals surface area contributed by atoms with Crippen molar-refractivity contribution < 1.29 is 9.53 Å². The van der Waals surface area contributed by atoms with Gasteiger partial charge in [-0.05, 0) is 43.5 Å². The van der Waals surface area contributed by atoms with Gasteiger partial charge in [0.25, 0.3) is 5.91 Å². The molecule has 0 radical (unpaired) electrons. The van der Waals surface area contributed by atoms with Gasteiger partial charge in [0.2, 0.25) is 0 Å². The molecule has 150 valence electrons. The Labute approximate surface area is 171 Å².